The Morgan fingerprint density at radius 2 is 1.54 bits per heavy atom. The Morgan fingerprint density at radius 3 is 2.20 bits per heavy atom. The molecular weight excluding hydrogens is 553 g/mol. The maximum atomic E-state index is 14.0. The quantitative estimate of drug-likeness (QED) is 0.210. The first-order valence-electron chi connectivity index (χ1n) is 12.4. The van der Waals surface area contributed by atoms with Crippen LogP contribution < -0.4 is 4.72 Å². The number of benzene rings is 4. The number of carbonyl (C=O) groups excluding carboxylic acids is 1. The first-order valence-corrected chi connectivity index (χ1v) is 13.9. The van der Waals surface area contributed by atoms with E-state index in [2.05, 4.69) is 9.71 Å². The fourth-order valence-electron chi connectivity index (χ4n) is 4.77. The van der Waals surface area contributed by atoms with E-state index in [1.54, 1.807) is 60.7 Å². The third-order valence-electron chi connectivity index (χ3n) is 6.57. The van der Waals surface area contributed by atoms with Gasteiger partial charge in [-0.15, -0.1) is 0 Å². The molecule has 41 heavy (non-hydrogen) atoms. The van der Waals surface area contributed by atoms with Gasteiger partial charge in [0.15, 0.2) is 0 Å². The number of alkyl halides is 3. The average molecular weight is 577 g/mol. The number of nitrogens with one attached hydrogen (secondary N) is 1. The maximum absolute atomic E-state index is 14.0. The zero-order valence-corrected chi connectivity index (χ0v) is 22.4. The molecule has 0 amide bonds. The van der Waals surface area contributed by atoms with Crippen molar-refractivity contribution in [2.75, 3.05) is 11.8 Å². The van der Waals surface area contributed by atoms with Crippen molar-refractivity contribution < 1.29 is 31.1 Å². The van der Waals surface area contributed by atoms with Crippen LogP contribution in [-0.4, -0.2) is 26.5 Å². The number of sulfonamides is 1. The van der Waals surface area contributed by atoms with Gasteiger partial charge in [-0.25, -0.2) is 8.42 Å². The molecular formula is C31H23F3N2O4S. The van der Waals surface area contributed by atoms with Gasteiger partial charge in [0.1, 0.15) is 5.92 Å². The first-order chi connectivity index (χ1) is 19.6. The Morgan fingerprint density at radius 1 is 0.878 bits per heavy atom. The van der Waals surface area contributed by atoms with Crippen LogP contribution in [0.15, 0.2) is 114 Å². The molecule has 1 N–H and O–H groups in total. The van der Waals surface area contributed by atoms with Crippen molar-refractivity contribution in [3.8, 4) is 11.1 Å². The highest BCUT2D eigenvalue weighted by Crippen LogP contribution is 2.42. The van der Waals surface area contributed by atoms with Gasteiger partial charge in [0, 0.05) is 17.3 Å². The van der Waals surface area contributed by atoms with E-state index in [-0.39, 0.29) is 21.5 Å². The van der Waals surface area contributed by atoms with Gasteiger partial charge < -0.3 is 4.74 Å². The number of fused-ring (bicyclic) bond motifs is 1. The Balaban J connectivity index is 1.76. The SMILES string of the molecule is COC(=O)C(c1ccccc1)c1cnc2c(C(F)(F)F)cccc2c1-c1cccc(NS(=O)(=O)c2ccccc2)c1. The van der Waals surface area contributed by atoms with E-state index in [4.69, 9.17) is 4.74 Å². The van der Waals surface area contributed by atoms with Crippen molar-refractivity contribution in [1.29, 1.82) is 0 Å². The van der Waals surface area contributed by atoms with Crippen LogP contribution in [0.1, 0.15) is 22.6 Å². The molecule has 6 nitrogen and oxygen atoms in total. The minimum absolute atomic E-state index is 0.0464. The average Bonchev–Trinajstić information content (AvgIpc) is 2.97. The highest BCUT2D eigenvalue weighted by molar-refractivity contribution is 7.92. The normalized spacial score (nSPS) is 12.6. The summed E-state index contributed by atoms with van der Waals surface area (Å²) in [7, 11) is -2.72. The van der Waals surface area contributed by atoms with Crippen LogP contribution in [0.2, 0.25) is 0 Å². The first kappa shape index (κ1) is 27.9. The number of hydrogen-bond acceptors (Lipinski definition) is 5. The minimum atomic E-state index is -4.68. The molecule has 1 atom stereocenters. The Kier molecular flexibility index (Phi) is 7.51. The second-order valence-electron chi connectivity index (χ2n) is 9.15. The Labute approximate surface area is 234 Å². The summed E-state index contributed by atoms with van der Waals surface area (Å²) in [5.41, 5.74) is 0.478. The molecule has 5 aromatic rings. The number of ether oxygens (including phenoxy) is 1. The van der Waals surface area contributed by atoms with E-state index in [1.807, 2.05) is 0 Å². The van der Waals surface area contributed by atoms with Crippen molar-refractivity contribution >= 4 is 32.6 Å². The lowest BCUT2D eigenvalue weighted by atomic mass is 9.84. The number of pyridine rings is 1. The Hall–Kier alpha value is -4.70. The van der Waals surface area contributed by atoms with Crippen LogP contribution in [0.25, 0.3) is 22.0 Å². The van der Waals surface area contributed by atoms with E-state index in [0.29, 0.717) is 22.3 Å². The topological polar surface area (TPSA) is 85.4 Å². The molecule has 0 radical (unpaired) electrons. The zero-order chi connectivity index (χ0) is 29.2. The number of rotatable bonds is 7. The number of nitrogens with zero attached hydrogens (tertiary/aromatic N) is 1. The predicted octanol–water partition coefficient (Wildman–Crippen LogP) is 7.03. The molecule has 10 heteroatoms. The number of para-hydroxylation sites is 1. The van der Waals surface area contributed by atoms with Gasteiger partial charge in [-0.3, -0.25) is 14.5 Å². The number of aromatic nitrogens is 1. The summed E-state index contributed by atoms with van der Waals surface area (Å²) in [6.07, 6.45) is -3.43. The lowest BCUT2D eigenvalue weighted by Crippen LogP contribution is -2.17. The van der Waals surface area contributed by atoms with Gasteiger partial charge >= 0.3 is 12.1 Å². The van der Waals surface area contributed by atoms with Crippen molar-refractivity contribution in [1.82, 2.24) is 4.98 Å². The van der Waals surface area contributed by atoms with Crippen molar-refractivity contribution in [3.63, 3.8) is 0 Å². The maximum Gasteiger partial charge on any atom is 0.418 e. The summed E-state index contributed by atoms with van der Waals surface area (Å²) in [6.45, 7) is 0. The van der Waals surface area contributed by atoms with Gasteiger partial charge in [0.25, 0.3) is 10.0 Å². The smallest absolute Gasteiger partial charge is 0.418 e. The largest absolute Gasteiger partial charge is 0.468 e. The molecule has 0 fully saturated rings. The molecule has 1 heterocycles. The monoisotopic (exact) mass is 576 g/mol. The van der Waals surface area contributed by atoms with E-state index in [0.717, 1.165) is 6.07 Å². The van der Waals surface area contributed by atoms with Crippen LogP contribution in [0, 0.1) is 0 Å². The summed E-state index contributed by atoms with van der Waals surface area (Å²) < 4.78 is 75.6. The lowest BCUT2D eigenvalue weighted by molar-refractivity contribution is -0.141. The number of esters is 1. The highest BCUT2D eigenvalue weighted by atomic mass is 32.2. The molecule has 208 valence electrons. The predicted molar refractivity (Wildman–Crippen MR) is 150 cm³/mol. The van der Waals surface area contributed by atoms with Crippen LogP contribution in [0.4, 0.5) is 18.9 Å². The van der Waals surface area contributed by atoms with Gasteiger partial charge in [0.05, 0.1) is 23.1 Å². The number of halogens is 3. The molecule has 4 aromatic carbocycles. The van der Waals surface area contributed by atoms with Gasteiger partial charge in [-0.05, 0) is 52.6 Å². The number of carbonyl (C=O) groups is 1. The molecule has 0 saturated heterocycles. The molecule has 0 aliphatic carbocycles. The number of methoxy groups -OCH3 is 1. The van der Waals surface area contributed by atoms with Gasteiger partial charge in [0.2, 0.25) is 0 Å². The second-order valence-corrected chi connectivity index (χ2v) is 10.8. The molecule has 0 saturated carbocycles. The Bertz CT molecular complexity index is 1830. The zero-order valence-electron chi connectivity index (χ0n) is 21.6. The van der Waals surface area contributed by atoms with E-state index < -0.39 is 33.7 Å². The molecule has 0 aliphatic rings. The van der Waals surface area contributed by atoms with Crippen LogP contribution in [0.5, 0.6) is 0 Å². The van der Waals surface area contributed by atoms with Gasteiger partial charge in [-0.2, -0.15) is 13.2 Å². The highest BCUT2D eigenvalue weighted by Gasteiger charge is 2.35. The summed E-state index contributed by atoms with van der Waals surface area (Å²) in [5, 5.41) is 0.144. The fourth-order valence-corrected chi connectivity index (χ4v) is 5.84. The number of hydrogen-bond donors (Lipinski definition) is 1. The molecule has 1 unspecified atom stereocenters. The van der Waals surface area contributed by atoms with Gasteiger partial charge in [-0.1, -0.05) is 72.8 Å². The minimum Gasteiger partial charge on any atom is -0.468 e. The molecule has 1 aromatic heterocycles. The molecule has 0 spiro atoms. The van der Waals surface area contributed by atoms with Crippen LogP contribution >= 0.6 is 0 Å². The van der Waals surface area contributed by atoms with Crippen LogP contribution in [0.3, 0.4) is 0 Å². The second kappa shape index (κ2) is 11.1. The summed E-state index contributed by atoms with van der Waals surface area (Å²) >= 11 is 0. The van der Waals surface area contributed by atoms with Crippen molar-refractivity contribution in [3.05, 3.63) is 126 Å². The van der Waals surface area contributed by atoms with E-state index in [1.165, 1.54) is 49.7 Å². The third kappa shape index (κ3) is 5.64. The standard InChI is InChI=1S/C31H23F3N2O4S/c1-40-30(37)28(20-10-4-2-5-11-20)25-19-35-29-24(16-9-17-26(29)31(32,33)34)27(25)21-12-8-13-22(18-21)36-41(38,39)23-14-6-3-7-15-23/h2-19,28,36H,1H3. The van der Waals surface area contributed by atoms with Crippen LogP contribution in [-0.2, 0) is 25.7 Å². The van der Waals surface area contributed by atoms with E-state index in [9.17, 15) is 26.4 Å². The third-order valence-corrected chi connectivity index (χ3v) is 7.97. The van der Waals surface area contributed by atoms with Crippen molar-refractivity contribution in [2.24, 2.45) is 0 Å². The summed E-state index contributed by atoms with van der Waals surface area (Å²) in [4.78, 5) is 17.4. The fraction of sp³-hybridized carbons (Fsp3) is 0.0968. The van der Waals surface area contributed by atoms with E-state index >= 15 is 0 Å². The molecule has 0 bridgehead atoms. The lowest BCUT2D eigenvalue weighted by Gasteiger charge is -2.22. The van der Waals surface area contributed by atoms with Crippen molar-refractivity contribution in [2.45, 2.75) is 17.0 Å². The molecule has 5 rings (SSSR count). The molecule has 0 aliphatic heterocycles. The summed E-state index contributed by atoms with van der Waals surface area (Å²) in [5.74, 6) is -1.65. The summed E-state index contributed by atoms with van der Waals surface area (Å²) in [6, 6.07) is 26.4. The number of anilines is 1.